The molecule has 0 fully saturated rings. The summed E-state index contributed by atoms with van der Waals surface area (Å²) in [6, 6.07) is 10.0. The van der Waals surface area contributed by atoms with Gasteiger partial charge in [0.15, 0.2) is 0 Å². The third-order valence-electron chi connectivity index (χ3n) is 3.70. The van der Waals surface area contributed by atoms with E-state index in [-0.39, 0.29) is 11.8 Å². The lowest BCUT2D eigenvalue weighted by Crippen LogP contribution is -2.33. The number of hydrogen-bond donors (Lipinski definition) is 1. The third kappa shape index (κ3) is 5.09. The molecule has 1 amide bonds. The maximum absolute atomic E-state index is 12.4. The van der Waals surface area contributed by atoms with Crippen LogP contribution in [0.15, 0.2) is 30.3 Å². The zero-order valence-corrected chi connectivity index (χ0v) is 12.6. The highest BCUT2D eigenvalue weighted by Crippen LogP contribution is 2.27. The Bertz CT molecular complexity index is 432. The van der Waals surface area contributed by atoms with E-state index < -0.39 is 0 Å². The average molecular weight is 271 g/mol. The van der Waals surface area contributed by atoms with Gasteiger partial charge in [-0.2, -0.15) is 0 Å². The van der Waals surface area contributed by atoms with E-state index in [0.717, 1.165) is 31.2 Å². The van der Waals surface area contributed by atoms with Crippen molar-refractivity contribution in [3.05, 3.63) is 35.9 Å². The fourth-order valence-corrected chi connectivity index (χ4v) is 2.31. The van der Waals surface area contributed by atoms with Gasteiger partial charge in [0.1, 0.15) is 0 Å². The van der Waals surface area contributed by atoms with Crippen LogP contribution in [0.4, 0.5) is 0 Å². The van der Waals surface area contributed by atoms with E-state index in [1.165, 1.54) is 0 Å². The van der Waals surface area contributed by atoms with Gasteiger partial charge in [0.25, 0.3) is 0 Å². The van der Waals surface area contributed by atoms with Crippen molar-refractivity contribution in [2.75, 3.05) is 6.54 Å². The fraction of sp³-hybridized carbons (Fsp3) is 0.500. The van der Waals surface area contributed by atoms with Gasteiger partial charge >= 0.3 is 0 Å². The van der Waals surface area contributed by atoms with Gasteiger partial charge in [0.2, 0.25) is 5.91 Å². The molecule has 2 heteroatoms. The predicted molar refractivity (Wildman–Crippen MR) is 84.3 cm³/mol. The molecule has 0 saturated heterocycles. The van der Waals surface area contributed by atoms with Crippen molar-refractivity contribution in [3.63, 3.8) is 0 Å². The van der Waals surface area contributed by atoms with Crippen molar-refractivity contribution in [1.29, 1.82) is 0 Å². The Labute approximate surface area is 123 Å². The molecule has 1 aromatic carbocycles. The first-order valence-corrected chi connectivity index (χ1v) is 7.46. The quantitative estimate of drug-likeness (QED) is 0.566. The largest absolute Gasteiger partial charge is 0.356 e. The molecule has 0 saturated carbocycles. The van der Waals surface area contributed by atoms with Gasteiger partial charge < -0.3 is 5.32 Å². The van der Waals surface area contributed by atoms with Crippen LogP contribution in [0.5, 0.6) is 0 Å². The van der Waals surface area contributed by atoms with Crippen LogP contribution in [0.2, 0.25) is 0 Å². The number of carbonyl (C=O) groups is 1. The molecular weight excluding hydrogens is 246 g/mol. The van der Waals surface area contributed by atoms with Crippen LogP contribution in [0.3, 0.4) is 0 Å². The van der Waals surface area contributed by atoms with E-state index in [1.807, 2.05) is 30.3 Å². The monoisotopic (exact) mass is 271 g/mol. The molecule has 108 valence electrons. The van der Waals surface area contributed by atoms with Crippen LogP contribution in [0, 0.1) is 18.3 Å². The average Bonchev–Trinajstić information content (AvgIpc) is 2.48. The SMILES string of the molecule is C#CCCCCNC(=O)C(c1ccccc1)C(C)CC. The molecule has 0 aliphatic carbocycles. The number of carbonyl (C=O) groups excluding carboxylic acids is 1. The Kier molecular flexibility index (Phi) is 7.50. The van der Waals surface area contributed by atoms with Crippen LogP contribution < -0.4 is 5.32 Å². The number of nitrogens with one attached hydrogen (secondary N) is 1. The Morgan fingerprint density at radius 2 is 2.00 bits per heavy atom. The van der Waals surface area contributed by atoms with Gasteiger partial charge in [-0.05, 0) is 24.3 Å². The van der Waals surface area contributed by atoms with Crippen molar-refractivity contribution in [2.45, 2.75) is 45.4 Å². The number of rotatable bonds is 8. The first-order chi connectivity index (χ1) is 9.70. The first-order valence-electron chi connectivity index (χ1n) is 7.46. The second-order valence-electron chi connectivity index (χ2n) is 5.23. The molecule has 1 rings (SSSR count). The van der Waals surface area contributed by atoms with Crippen LogP contribution in [-0.4, -0.2) is 12.5 Å². The summed E-state index contributed by atoms with van der Waals surface area (Å²) in [6.45, 7) is 4.97. The predicted octanol–water partition coefficient (Wildman–Crippen LogP) is 3.74. The van der Waals surface area contributed by atoms with Gasteiger partial charge in [-0.25, -0.2) is 0 Å². The lowest BCUT2D eigenvalue weighted by Gasteiger charge is -2.22. The third-order valence-corrected chi connectivity index (χ3v) is 3.70. The minimum absolute atomic E-state index is 0.0613. The zero-order chi connectivity index (χ0) is 14.8. The van der Waals surface area contributed by atoms with E-state index >= 15 is 0 Å². The molecule has 0 spiro atoms. The van der Waals surface area contributed by atoms with Crippen molar-refractivity contribution in [2.24, 2.45) is 5.92 Å². The molecule has 0 aliphatic heterocycles. The van der Waals surface area contributed by atoms with Crippen LogP contribution in [-0.2, 0) is 4.79 Å². The number of unbranched alkanes of at least 4 members (excludes halogenated alkanes) is 2. The molecule has 2 nitrogen and oxygen atoms in total. The molecule has 0 heterocycles. The molecule has 0 radical (unpaired) electrons. The molecular formula is C18H25NO. The molecule has 20 heavy (non-hydrogen) atoms. The summed E-state index contributed by atoms with van der Waals surface area (Å²) in [5.74, 6) is 3.02. The summed E-state index contributed by atoms with van der Waals surface area (Å²) in [5.41, 5.74) is 1.10. The Morgan fingerprint density at radius 1 is 1.30 bits per heavy atom. The van der Waals surface area contributed by atoms with Gasteiger partial charge in [-0.15, -0.1) is 12.3 Å². The summed E-state index contributed by atoms with van der Waals surface area (Å²) in [4.78, 5) is 12.4. The van der Waals surface area contributed by atoms with Gasteiger partial charge in [-0.3, -0.25) is 4.79 Å². The minimum Gasteiger partial charge on any atom is -0.356 e. The summed E-state index contributed by atoms with van der Waals surface area (Å²) in [7, 11) is 0. The summed E-state index contributed by atoms with van der Waals surface area (Å²) < 4.78 is 0. The topological polar surface area (TPSA) is 29.1 Å². The molecule has 2 unspecified atom stereocenters. The summed E-state index contributed by atoms with van der Waals surface area (Å²) in [5, 5.41) is 3.05. The summed E-state index contributed by atoms with van der Waals surface area (Å²) >= 11 is 0. The highest BCUT2D eigenvalue weighted by atomic mass is 16.1. The second-order valence-corrected chi connectivity index (χ2v) is 5.23. The summed E-state index contributed by atoms with van der Waals surface area (Å²) in [6.07, 6.45) is 8.90. The molecule has 0 aliphatic rings. The number of amides is 1. The maximum atomic E-state index is 12.4. The van der Waals surface area contributed by atoms with Crippen LogP contribution in [0.1, 0.15) is 51.0 Å². The van der Waals surface area contributed by atoms with Gasteiger partial charge in [0.05, 0.1) is 5.92 Å². The van der Waals surface area contributed by atoms with E-state index in [0.29, 0.717) is 12.5 Å². The molecule has 1 aromatic rings. The molecule has 0 bridgehead atoms. The highest BCUT2D eigenvalue weighted by Gasteiger charge is 2.25. The second kappa shape index (κ2) is 9.20. The number of benzene rings is 1. The normalized spacial score (nSPS) is 13.2. The maximum Gasteiger partial charge on any atom is 0.227 e. The lowest BCUT2D eigenvalue weighted by molar-refractivity contribution is -0.123. The Balaban J connectivity index is 2.60. The number of terminal acetylenes is 1. The van der Waals surface area contributed by atoms with E-state index in [2.05, 4.69) is 25.1 Å². The molecule has 2 atom stereocenters. The van der Waals surface area contributed by atoms with Crippen molar-refractivity contribution in [3.8, 4) is 12.3 Å². The van der Waals surface area contributed by atoms with Crippen molar-refractivity contribution in [1.82, 2.24) is 5.32 Å². The molecule has 1 N–H and O–H groups in total. The van der Waals surface area contributed by atoms with Gasteiger partial charge in [-0.1, -0.05) is 50.6 Å². The van der Waals surface area contributed by atoms with Crippen molar-refractivity contribution < 1.29 is 4.79 Å². The van der Waals surface area contributed by atoms with E-state index in [9.17, 15) is 4.79 Å². The molecule has 0 aromatic heterocycles. The zero-order valence-electron chi connectivity index (χ0n) is 12.6. The standard InChI is InChI=1S/C18H25NO/c1-4-6-7-11-14-19-18(20)17(15(3)5-2)16-12-9-8-10-13-16/h1,8-10,12-13,15,17H,5-7,11,14H2,2-3H3,(H,19,20). The van der Waals surface area contributed by atoms with Crippen LogP contribution in [0.25, 0.3) is 0 Å². The fourth-order valence-electron chi connectivity index (χ4n) is 2.31. The minimum atomic E-state index is -0.0613. The van der Waals surface area contributed by atoms with Gasteiger partial charge in [0, 0.05) is 13.0 Å². The Morgan fingerprint density at radius 3 is 2.60 bits per heavy atom. The lowest BCUT2D eigenvalue weighted by atomic mass is 9.85. The Hall–Kier alpha value is -1.75. The first kappa shape index (κ1) is 16.3. The van der Waals surface area contributed by atoms with Crippen LogP contribution >= 0.6 is 0 Å². The van der Waals surface area contributed by atoms with E-state index in [4.69, 9.17) is 6.42 Å². The smallest absolute Gasteiger partial charge is 0.227 e. The highest BCUT2D eigenvalue weighted by molar-refractivity contribution is 5.83. The number of hydrogen-bond acceptors (Lipinski definition) is 1. The van der Waals surface area contributed by atoms with Crippen molar-refractivity contribution >= 4 is 5.91 Å². The van der Waals surface area contributed by atoms with E-state index in [1.54, 1.807) is 0 Å².